The maximum atomic E-state index is 13.8. The molecule has 0 saturated carbocycles. The Morgan fingerprint density at radius 2 is 1.64 bits per heavy atom. The Bertz CT molecular complexity index is 1810. The van der Waals surface area contributed by atoms with E-state index in [0.717, 1.165) is 10.9 Å². The summed E-state index contributed by atoms with van der Waals surface area (Å²) in [6, 6.07) is 20.6. The molecule has 1 fully saturated rings. The standard InChI is InChI=1S/C34H34ClN5O5/c1-34(2,3)45-33(44)40-25(15-22-14-23(35)11-12-29(22)40)17-37-18-26(19-39-31(42)27-9-4-5-10-28(27)32(39)43)38(30(41)20-37)16-21-7-6-8-24(36)13-21/h4-15,26H,16-20,36H2,1-3H3/t26-/m1/s1. The molecule has 2 N–H and O–H groups in total. The highest BCUT2D eigenvalue weighted by Gasteiger charge is 2.41. The smallest absolute Gasteiger partial charge is 0.419 e. The van der Waals surface area contributed by atoms with Gasteiger partial charge in [-0.3, -0.25) is 24.2 Å². The molecule has 0 unspecified atom stereocenters. The van der Waals surface area contributed by atoms with Crippen LogP contribution in [-0.4, -0.2) is 74.4 Å². The van der Waals surface area contributed by atoms with Gasteiger partial charge in [0.25, 0.3) is 11.8 Å². The molecule has 11 heteroatoms. The maximum Gasteiger partial charge on any atom is 0.419 e. The molecule has 2 aliphatic rings. The first-order chi connectivity index (χ1) is 21.4. The van der Waals surface area contributed by atoms with Crippen molar-refractivity contribution < 1.29 is 23.9 Å². The number of anilines is 1. The summed E-state index contributed by atoms with van der Waals surface area (Å²) in [6.07, 6.45) is -0.538. The second kappa shape index (κ2) is 11.7. The van der Waals surface area contributed by atoms with E-state index in [9.17, 15) is 19.2 Å². The Morgan fingerprint density at radius 3 is 2.31 bits per heavy atom. The fourth-order valence-corrected chi connectivity index (χ4v) is 6.24. The molecule has 232 valence electrons. The lowest BCUT2D eigenvalue weighted by Gasteiger charge is -2.42. The van der Waals surface area contributed by atoms with Gasteiger partial charge in [-0.15, -0.1) is 0 Å². The largest absolute Gasteiger partial charge is 0.443 e. The van der Waals surface area contributed by atoms with Crippen LogP contribution < -0.4 is 5.73 Å². The molecular weight excluding hydrogens is 594 g/mol. The summed E-state index contributed by atoms with van der Waals surface area (Å²) in [5, 5.41) is 1.29. The minimum atomic E-state index is -0.725. The molecule has 1 saturated heterocycles. The van der Waals surface area contributed by atoms with Crippen LogP contribution in [0.5, 0.6) is 0 Å². The molecule has 3 heterocycles. The summed E-state index contributed by atoms with van der Waals surface area (Å²) < 4.78 is 7.25. The van der Waals surface area contributed by atoms with Crippen molar-refractivity contribution in [2.24, 2.45) is 0 Å². The Hall–Kier alpha value is -4.67. The van der Waals surface area contributed by atoms with Gasteiger partial charge in [0.05, 0.1) is 35.8 Å². The number of benzene rings is 3. The van der Waals surface area contributed by atoms with Gasteiger partial charge in [0.15, 0.2) is 0 Å². The van der Waals surface area contributed by atoms with E-state index < -0.39 is 17.7 Å². The molecule has 0 bridgehead atoms. The number of nitrogens with zero attached hydrogens (tertiary/aromatic N) is 4. The van der Waals surface area contributed by atoms with Crippen LogP contribution in [0, 0.1) is 0 Å². The van der Waals surface area contributed by atoms with Crippen molar-refractivity contribution in [2.75, 3.05) is 25.4 Å². The number of halogens is 1. The summed E-state index contributed by atoms with van der Waals surface area (Å²) in [4.78, 5) is 58.7. The van der Waals surface area contributed by atoms with Crippen molar-refractivity contribution in [1.29, 1.82) is 0 Å². The molecule has 10 nitrogen and oxygen atoms in total. The Morgan fingerprint density at radius 1 is 0.933 bits per heavy atom. The fourth-order valence-electron chi connectivity index (χ4n) is 6.06. The van der Waals surface area contributed by atoms with E-state index >= 15 is 0 Å². The monoisotopic (exact) mass is 627 g/mol. The van der Waals surface area contributed by atoms with Crippen LogP contribution in [0.3, 0.4) is 0 Å². The van der Waals surface area contributed by atoms with Crippen molar-refractivity contribution >= 4 is 52.0 Å². The topological polar surface area (TPSA) is 118 Å². The van der Waals surface area contributed by atoms with E-state index in [0.29, 0.717) is 39.6 Å². The molecule has 1 aromatic heterocycles. The first-order valence-corrected chi connectivity index (χ1v) is 15.1. The first kappa shape index (κ1) is 30.4. The van der Waals surface area contributed by atoms with Gasteiger partial charge in [-0.1, -0.05) is 35.9 Å². The number of rotatable bonds is 6. The third-order valence-electron chi connectivity index (χ3n) is 7.97. The van der Waals surface area contributed by atoms with E-state index in [4.69, 9.17) is 22.1 Å². The van der Waals surface area contributed by atoms with Crippen LogP contribution in [0.25, 0.3) is 10.9 Å². The highest BCUT2D eigenvalue weighted by Crippen LogP contribution is 2.29. The summed E-state index contributed by atoms with van der Waals surface area (Å²) in [7, 11) is 0. The molecule has 3 amide bonds. The van der Waals surface area contributed by atoms with Gasteiger partial charge >= 0.3 is 6.09 Å². The third kappa shape index (κ3) is 6.16. The van der Waals surface area contributed by atoms with Gasteiger partial charge in [-0.05, 0) is 74.9 Å². The molecule has 0 aliphatic carbocycles. The van der Waals surface area contributed by atoms with Gasteiger partial charge in [0, 0.05) is 41.4 Å². The summed E-state index contributed by atoms with van der Waals surface area (Å²) >= 11 is 6.27. The number of piperazine rings is 1. The van der Waals surface area contributed by atoms with Crippen molar-refractivity contribution in [3.63, 3.8) is 0 Å². The summed E-state index contributed by atoms with van der Waals surface area (Å²) in [5.41, 5.74) is 8.67. The number of imide groups is 1. The van der Waals surface area contributed by atoms with Gasteiger partial charge < -0.3 is 15.4 Å². The van der Waals surface area contributed by atoms with Crippen LogP contribution in [-0.2, 0) is 22.6 Å². The molecule has 2 aliphatic heterocycles. The molecule has 3 aromatic carbocycles. The zero-order chi connectivity index (χ0) is 32.0. The number of carbonyl (C=O) groups excluding carboxylic acids is 4. The second-order valence-corrected chi connectivity index (χ2v) is 12.9. The summed E-state index contributed by atoms with van der Waals surface area (Å²) in [6.45, 7) is 6.33. The Balaban J connectivity index is 1.32. The van der Waals surface area contributed by atoms with Crippen LogP contribution in [0.4, 0.5) is 10.5 Å². The minimum Gasteiger partial charge on any atom is -0.443 e. The zero-order valence-corrected chi connectivity index (χ0v) is 26.1. The SMILES string of the molecule is CC(C)(C)OC(=O)n1c(CN2CC(=O)N(Cc3cccc(N)c3)[C@@H](CN3C(=O)c4ccccc4C3=O)C2)cc2cc(Cl)ccc21. The van der Waals surface area contributed by atoms with Gasteiger partial charge in [0.1, 0.15) is 5.60 Å². The van der Waals surface area contributed by atoms with Crippen molar-refractivity contribution in [1.82, 2.24) is 19.3 Å². The van der Waals surface area contributed by atoms with Crippen LogP contribution >= 0.6 is 11.6 Å². The number of hydrogen-bond donors (Lipinski definition) is 1. The zero-order valence-electron chi connectivity index (χ0n) is 25.3. The number of nitrogen functional groups attached to an aromatic ring is 1. The Kier molecular flexibility index (Phi) is 7.88. The molecule has 0 radical (unpaired) electrons. The van der Waals surface area contributed by atoms with Crippen molar-refractivity contribution in [3.05, 3.63) is 100 Å². The second-order valence-electron chi connectivity index (χ2n) is 12.5. The molecular formula is C34H34ClN5O5. The minimum absolute atomic E-state index is 0.0154. The quantitative estimate of drug-likeness (QED) is 0.231. The predicted molar refractivity (Wildman–Crippen MR) is 171 cm³/mol. The molecule has 4 aromatic rings. The molecule has 45 heavy (non-hydrogen) atoms. The average Bonchev–Trinajstić information content (AvgIpc) is 3.43. The van der Waals surface area contributed by atoms with E-state index in [1.54, 1.807) is 74.2 Å². The van der Waals surface area contributed by atoms with Crippen LogP contribution in [0.1, 0.15) is 52.7 Å². The number of fused-ring (bicyclic) bond motifs is 2. The fraction of sp³-hybridized carbons (Fsp3) is 0.294. The average molecular weight is 628 g/mol. The Labute approximate surface area is 265 Å². The maximum absolute atomic E-state index is 13.8. The highest BCUT2D eigenvalue weighted by molar-refractivity contribution is 6.31. The number of amides is 3. The summed E-state index contributed by atoms with van der Waals surface area (Å²) in [5.74, 6) is -0.940. The molecule has 0 spiro atoms. The van der Waals surface area contributed by atoms with E-state index in [-0.39, 0.29) is 43.9 Å². The lowest BCUT2D eigenvalue weighted by molar-refractivity contribution is -0.141. The predicted octanol–water partition coefficient (Wildman–Crippen LogP) is 5.17. The van der Waals surface area contributed by atoms with Crippen LogP contribution in [0.2, 0.25) is 5.02 Å². The first-order valence-electron chi connectivity index (χ1n) is 14.7. The van der Waals surface area contributed by atoms with Crippen molar-refractivity contribution in [3.8, 4) is 0 Å². The lowest BCUT2D eigenvalue weighted by Crippen LogP contribution is -2.59. The normalized spacial score (nSPS) is 17.3. The number of aromatic nitrogens is 1. The number of ether oxygens (including phenoxy) is 1. The number of hydrogen-bond acceptors (Lipinski definition) is 7. The van der Waals surface area contributed by atoms with Gasteiger partial charge in [0.2, 0.25) is 5.91 Å². The van der Waals surface area contributed by atoms with Gasteiger partial charge in [-0.25, -0.2) is 9.36 Å². The van der Waals surface area contributed by atoms with E-state index in [1.165, 1.54) is 9.47 Å². The van der Waals surface area contributed by atoms with Crippen LogP contribution in [0.15, 0.2) is 72.8 Å². The van der Waals surface area contributed by atoms with Gasteiger partial charge in [-0.2, -0.15) is 0 Å². The number of carbonyl (C=O) groups is 4. The molecule has 6 rings (SSSR count). The van der Waals surface area contributed by atoms with E-state index in [2.05, 4.69) is 0 Å². The highest BCUT2D eigenvalue weighted by atomic mass is 35.5. The number of nitrogens with two attached hydrogens (primary N) is 1. The lowest BCUT2D eigenvalue weighted by atomic mass is 10.1. The van der Waals surface area contributed by atoms with E-state index in [1.807, 2.05) is 29.2 Å². The third-order valence-corrected chi connectivity index (χ3v) is 8.20. The van der Waals surface area contributed by atoms with Crippen molar-refractivity contribution in [2.45, 2.75) is 45.5 Å². The molecule has 1 atom stereocenters.